The van der Waals surface area contributed by atoms with Crippen molar-refractivity contribution in [2.24, 2.45) is 5.41 Å². The number of halogens is 2. The van der Waals surface area contributed by atoms with Gasteiger partial charge >= 0.3 is 12.7 Å². The first-order valence-electron chi connectivity index (χ1n) is 8.72. The number of carbonyl (C=O) groups is 1. The van der Waals surface area contributed by atoms with Gasteiger partial charge in [0, 0.05) is 37.7 Å². The number of nitrogens with zero attached hydrogens (tertiary/aromatic N) is 3. The van der Waals surface area contributed by atoms with Gasteiger partial charge in [0.25, 0.3) is 0 Å². The minimum Gasteiger partial charge on any atom is -0.444 e. The summed E-state index contributed by atoms with van der Waals surface area (Å²) in [5.74, 6) is -0.335. The van der Waals surface area contributed by atoms with Gasteiger partial charge < -0.3 is 14.4 Å². The van der Waals surface area contributed by atoms with Gasteiger partial charge in [0.2, 0.25) is 15.9 Å². The molecule has 0 atom stereocenters. The molecule has 0 radical (unpaired) electrons. The minimum atomic E-state index is -3.80. The van der Waals surface area contributed by atoms with E-state index in [2.05, 4.69) is 9.72 Å². The zero-order chi connectivity index (χ0) is 20.9. The van der Waals surface area contributed by atoms with Crippen molar-refractivity contribution < 1.29 is 31.5 Å². The molecule has 2 aliphatic heterocycles. The standard InChI is InChI=1S/C17H23F2N3O5S/c1-11-12(5-6-13(20-11)26-14(18)19)28(24,25)22-9-17(10-22)7-21(8-17)15(23)27-16(2,3)4/h5-6,14H,7-10H2,1-4H3. The van der Waals surface area contributed by atoms with E-state index in [4.69, 9.17) is 4.74 Å². The van der Waals surface area contributed by atoms with Gasteiger partial charge in [-0.05, 0) is 33.8 Å². The maximum Gasteiger partial charge on any atom is 0.410 e. The lowest BCUT2D eigenvalue weighted by molar-refractivity contribution is -0.0839. The minimum absolute atomic E-state index is 0.0488. The second kappa shape index (κ2) is 6.80. The van der Waals surface area contributed by atoms with E-state index in [-0.39, 0.29) is 35.0 Å². The highest BCUT2D eigenvalue weighted by Gasteiger charge is 2.57. The van der Waals surface area contributed by atoms with E-state index < -0.39 is 28.3 Å². The normalized spacial score (nSPS) is 19.3. The lowest BCUT2D eigenvalue weighted by Crippen LogP contribution is -2.73. The van der Waals surface area contributed by atoms with Crippen LogP contribution >= 0.6 is 0 Å². The number of carbonyl (C=O) groups excluding carboxylic acids is 1. The predicted octanol–water partition coefficient (Wildman–Crippen LogP) is 2.23. The largest absolute Gasteiger partial charge is 0.444 e. The highest BCUT2D eigenvalue weighted by Crippen LogP contribution is 2.43. The molecule has 0 aliphatic carbocycles. The van der Waals surface area contributed by atoms with Crippen molar-refractivity contribution in [3.63, 3.8) is 0 Å². The number of rotatable bonds is 4. The predicted molar refractivity (Wildman–Crippen MR) is 94.6 cm³/mol. The summed E-state index contributed by atoms with van der Waals surface area (Å²) in [5.41, 5.74) is -0.757. The Morgan fingerprint density at radius 2 is 1.82 bits per heavy atom. The van der Waals surface area contributed by atoms with Crippen LogP contribution in [-0.4, -0.2) is 67.1 Å². The first kappa shape index (κ1) is 20.7. The summed E-state index contributed by atoms with van der Waals surface area (Å²) in [5, 5.41) is 0. The van der Waals surface area contributed by atoms with Crippen molar-refractivity contribution in [3.05, 3.63) is 17.8 Å². The first-order chi connectivity index (χ1) is 12.8. The van der Waals surface area contributed by atoms with E-state index in [0.717, 1.165) is 6.07 Å². The summed E-state index contributed by atoms with van der Waals surface area (Å²) >= 11 is 0. The van der Waals surface area contributed by atoms with Crippen molar-refractivity contribution >= 4 is 16.1 Å². The molecule has 1 aromatic rings. The average molecular weight is 419 g/mol. The SMILES string of the molecule is Cc1nc(OC(F)F)ccc1S(=O)(=O)N1CC2(CN(C(=O)OC(C)(C)C)C2)C1. The third-order valence-corrected chi connectivity index (χ3v) is 6.49. The Hall–Kier alpha value is -2.01. The van der Waals surface area contributed by atoms with Crippen LogP contribution in [0.25, 0.3) is 0 Å². The molecular weight excluding hydrogens is 396 g/mol. The molecule has 2 aliphatic rings. The van der Waals surface area contributed by atoms with Gasteiger partial charge in [0.1, 0.15) is 10.5 Å². The van der Waals surface area contributed by atoms with Gasteiger partial charge in [-0.1, -0.05) is 0 Å². The fraction of sp³-hybridized carbons (Fsp3) is 0.647. The summed E-state index contributed by atoms with van der Waals surface area (Å²) in [4.78, 5) is 17.3. The van der Waals surface area contributed by atoms with Crippen LogP contribution in [0.1, 0.15) is 26.5 Å². The molecule has 3 rings (SSSR count). The molecule has 1 aromatic heterocycles. The molecule has 156 valence electrons. The molecule has 0 aromatic carbocycles. The highest BCUT2D eigenvalue weighted by atomic mass is 32.2. The third kappa shape index (κ3) is 4.04. The number of ether oxygens (including phenoxy) is 2. The van der Waals surface area contributed by atoms with E-state index in [0.29, 0.717) is 13.1 Å². The third-order valence-electron chi connectivity index (χ3n) is 4.57. The molecule has 1 amide bonds. The van der Waals surface area contributed by atoms with Crippen molar-refractivity contribution in [2.45, 2.75) is 44.8 Å². The first-order valence-corrected chi connectivity index (χ1v) is 10.2. The van der Waals surface area contributed by atoms with Gasteiger partial charge in [-0.2, -0.15) is 13.1 Å². The van der Waals surface area contributed by atoms with E-state index in [9.17, 15) is 22.0 Å². The lowest BCUT2D eigenvalue weighted by Gasteiger charge is -2.58. The fourth-order valence-corrected chi connectivity index (χ4v) is 5.21. The van der Waals surface area contributed by atoms with E-state index in [1.807, 2.05) is 0 Å². The fourth-order valence-electron chi connectivity index (χ4n) is 3.38. The Morgan fingerprint density at radius 3 is 2.32 bits per heavy atom. The second-order valence-electron chi connectivity index (χ2n) is 8.22. The maximum atomic E-state index is 12.8. The van der Waals surface area contributed by atoms with E-state index in [1.165, 1.54) is 17.3 Å². The number of sulfonamides is 1. The zero-order valence-electron chi connectivity index (χ0n) is 16.1. The summed E-state index contributed by atoms with van der Waals surface area (Å²) < 4.78 is 60.9. The molecule has 8 nitrogen and oxygen atoms in total. The number of alkyl halides is 2. The molecule has 3 heterocycles. The molecule has 0 saturated carbocycles. The van der Waals surface area contributed by atoms with Crippen LogP contribution in [0.15, 0.2) is 17.0 Å². The van der Waals surface area contributed by atoms with Crippen molar-refractivity contribution in [1.82, 2.24) is 14.2 Å². The van der Waals surface area contributed by atoms with Crippen LogP contribution in [0.2, 0.25) is 0 Å². The van der Waals surface area contributed by atoms with Gasteiger partial charge in [0.05, 0.1) is 5.69 Å². The van der Waals surface area contributed by atoms with Crippen molar-refractivity contribution in [3.8, 4) is 5.88 Å². The van der Waals surface area contributed by atoms with Crippen LogP contribution in [0.4, 0.5) is 13.6 Å². The van der Waals surface area contributed by atoms with Gasteiger partial charge in [0.15, 0.2) is 0 Å². The number of aryl methyl sites for hydroxylation is 1. The molecule has 2 fully saturated rings. The molecule has 2 saturated heterocycles. The molecule has 0 bridgehead atoms. The van der Waals surface area contributed by atoms with Crippen molar-refractivity contribution in [2.75, 3.05) is 26.2 Å². The number of likely N-dealkylation sites (tertiary alicyclic amines) is 1. The Morgan fingerprint density at radius 1 is 1.21 bits per heavy atom. The summed E-state index contributed by atoms with van der Waals surface area (Å²) in [6.07, 6.45) is -0.408. The Labute approximate surface area is 162 Å². The zero-order valence-corrected chi connectivity index (χ0v) is 16.9. The van der Waals surface area contributed by atoms with Gasteiger partial charge in [-0.25, -0.2) is 18.2 Å². The van der Waals surface area contributed by atoms with Crippen molar-refractivity contribution in [1.29, 1.82) is 0 Å². The maximum absolute atomic E-state index is 12.8. The average Bonchev–Trinajstić information content (AvgIpc) is 2.40. The van der Waals surface area contributed by atoms with Crippen LogP contribution in [-0.2, 0) is 14.8 Å². The summed E-state index contributed by atoms with van der Waals surface area (Å²) in [7, 11) is -3.80. The lowest BCUT2D eigenvalue weighted by atomic mass is 9.75. The number of amides is 1. The van der Waals surface area contributed by atoms with E-state index in [1.54, 1.807) is 25.7 Å². The van der Waals surface area contributed by atoms with Gasteiger partial charge in [-0.3, -0.25) is 0 Å². The van der Waals surface area contributed by atoms with Crippen LogP contribution in [0.3, 0.4) is 0 Å². The van der Waals surface area contributed by atoms with Crippen LogP contribution in [0, 0.1) is 12.3 Å². The molecule has 28 heavy (non-hydrogen) atoms. The van der Waals surface area contributed by atoms with E-state index >= 15 is 0 Å². The molecule has 0 unspecified atom stereocenters. The summed E-state index contributed by atoms with van der Waals surface area (Å²) in [6, 6.07) is 2.32. The molecular formula is C17H23F2N3O5S. The Kier molecular flexibility index (Phi) is 5.03. The number of hydrogen-bond donors (Lipinski definition) is 0. The summed E-state index contributed by atoms with van der Waals surface area (Å²) in [6.45, 7) is 5.18. The molecule has 1 spiro atoms. The second-order valence-corrected chi connectivity index (χ2v) is 10.1. The Bertz CT molecular complexity index is 871. The topological polar surface area (TPSA) is 89.0 Å². The van der Waals surface area contributed by atoms with Crippen LogP contribution in [0.5, 0.6) is 5.88 Å². The molecule has 0 N–H and O–H groups in total. The number of aromatic nitrogens is 1. The van der Waals surface area contributed by atoms with Gasteiger partial charge in [-0.15, -0.1) is 0 Å². The smallest absolute Gasteiger partial charge is 0.410 e. The highest BCUT2D eigenvalue weighted by molar-refractivity contribution is 7.89. The monoisotopic (exact) mass is 419 g/mol. The quantitative estimate of drug-likeness (QED) is 0.744. The van der Waals surface area contributed by atoms with Crippen LogP contribution < -0.4 is 4.74 Å². The Balaban J connectivity index is 1.61. The number of hydrogen-bond acceptors (Lipinski definition) is 6. The molecule has 11 heteroatoms. The number of pyridine rings is 1.